The lowest BCUT2D eigenvalue weighted by molar-refractivity contribution is -0.118. The van der Waals surface area contributed by atoms with Gasteiger partial charge in [0.25, 0.3) is 0 Å². The largest absolute Gasteiger partial charge is 0.344 e. The smallest absolute Gasteiger partial charge is 0.231 e. The zero-order chi connectivity index (χ0) is 15.2. The van der Waals surface area contributed by atoms with Crippen LogP contribution in [0.1, 0.15) is 24.4 Å². The van der Waals surface area contributed by atoms with Gasteiger partial charge in [-0.25, -0.2) is 4.68 Å². The Morgan fingerprint density at radius 1 is 1.36 bits per heavy atom. The van der Waals surface area contributed by atoms with Gasteiger partial charge in [0.1, 0.15) is 0 Å². The van der Waals surface area contributed by atoms with Gasteiger partial charge in [0.2, 0.25) is 11.1 Å². The Morgan fingerprint density at radius 2 is 2.18 bits per heavy atom. The van der Waals surface area contributed by atoms with Crippen molar-refractivity contribution >= 4 is 17.7 Å². The predicted molar refractivity (Wildman–Crippen MR) is 83.1 cm³/mol. The fraction of sp³-hybridized carbons (Fsp3) is 0.333. The summed E-state index contributed by atoms with van der Waals surface area (Å²) in [4.78, 5) is 11.8. The predicted octanol–water partition coefficient (Wildman–Crippen LogP) is 1.27. The van der Waals surface area contributed by atoms with E-state index in [1.54, 1.807) is 4.68 Å². The standard InChI is InChI=1S/C15H15N5OS/c21-14(16-10-4-7-12-5-2-1-3-6-12)11-22-15-17-18-19-20(15)13-8-9-13/h1-3,5-6,13H,8-11H2,(H,16,21). The molecule has 0 radical (unpaired) electrons. The summed E-state index contributed by atoms with van der Waals surface area (Å²) in [5, 5.41) is 15.0. The molecular weight excluding hydrogens is 298 g/mol. The zero-order valence-electron chi connectivity index (χ0n) is 11.9. The van der Waals surface area contributed by atoms with Crippen LogP contribution in [-0.4, -0.2) is 38.4 Å². The molecule has 22 heavy (non-hydrogen) atoms. The summed E-state index contributed by atoms with van der Waals surface area (Å²) in [6.07, 6.45) is 2.22. The normalized spacial score (nSPS) is 13.3. The molecule has 2 aromatic rings. The summed E-state index contributed by atoms with van der Waals surface area (Å²) < 4.78 is 1.80. The molecule has 1 heterocycles. The SMILES string of the molecule is O=C(CSc1nnnn1C1CC1)NCC#Cc1ccccc1. The summed E-state index contributed by atoms with van der Waals surface area (Å²) in [5.74, 6) is 6.14. The second-order valence-corrected chi connectivity index (χ2v) is 5.81. The molecule has 1 aromatic heterocycles. The van der Waals surface area contributed by atoms with Crippen LogP contribution < -0.4 is 5.32 Å². The molecule has 112 valence electrons. The number of tetrazole rings is 1. The van der Waals surface area contributed by atoms with Gasteiger partial charge in [-0.2, -0.15) is 0 Å². The van der Waals surface area contributed by atoms with Gasteiger partial charge >= 0.3 is 0 Å². The number of carbonyl (C=O) groups is 1. The molecule has 3 rings (SSSR count). The van der Waals surface area contributed by atoms with Crippen molar-refractivity contribution in [3.63, 3.8) is 0 Å². The van der Waals surface area contributed by atoms with E-state index in [-0.39, 0.29) is 5.91 Å². The third kappa shape index (κ3) is 4.09. The van der Waals surface area contributed by atoms with Gasteiger partial charge < -0.3 is 5.32 Å². The van der Waals surface area contributed by atoms with Gasteiger partial charge in [-0.1, -0.05) is 41.8 Å². The van der Waals surface area contributed by atoms with Crippen molar-refractivity contribution < 1.29 is 4.79 Å². The molecule has 0 atom stereocenters. The topological polar surface area (TPSA) is 72.7 Å². The van der Waals surface area contributed by atoms with Crippen LogP contribution in [0, 0.1) is 11.8 Å². The zero-order valence-corrected chi connectivity index (χ0v) is 12.7. The Kier molecular flexibility index (Phi) is 4.71. The Morgan fingerprint density at radius 3 is 2.95 bits per heavy atom. The first-order valence-corrected chi connectivity index (χ1v) is 8.03. The molecule has 1 fully saturated rings. The summed E-state index contributed by atoms with van der Waals surface area (Å²) in [7, 11) is 0. The van der Waals surface area contributed by atoms with Gasteiger partial charge in [0.15, 0.2) is 0 Å². The number of nitrogens with one attached hydrogen (secondary N) is 1. The third-order valence-corrected chi connectivity index (χ3v) is 4.00. The molecule has 1 saturated carbocycles. The van der Waals surface area contributed by atoms with Crippen LogP contribution in [-0.2, 0) is 4.79 Å². The minimum atomic E-state index is -0.0716. The average Bonchev–Trinajstić information content (AvgIpc) is 3.29. The van der Waals surface area contributed by atoms with E-state index in [2.05, 4.69) is 32.7 Å². The number of aromatic nitrogens is 4. The molecule has 1 aliphatic rings. The van der Waals surface area contributed by atoms with E-state index in [0.29, 0.717) is 23.5 Å². The molecule has 1 amide bonds. The number of hydrogen-bond acceptors (Lipinski definition) is 5. The number of hydrogen-bond donors (Lipinski definition) is 1. The van der Waals surface area contributed by atoms with Crippen molar-refractivity contribution in [2.75, 3.05) is 12.3 Å². The van der Waals surface area contributed by atoms with Gasteiger partial charge in [0, 0.05) is 5.56 Å². The van der Waals surface area contributed by atoms with E-state index in [4.69, 9.17) is 0 Å². The maximum atomic E-state index is 11.8. The highest BCUT2D eigenvalue weighted by molar-refractivity contribution is 7.99. The molecule has 0 spiro atoms. The monoisotopic (exact) mass is 313 g/mol. The van der Waals surface area contributed by atoms with Crippen molar-refractivity contribution in [3.05, 3.63) is 35.9 Å². The Balaban J connectivity index is 1.41. The summed E-state index contributed by atoms with van der Waals surface area (Å²) >= 11 is 1.35. The maximum absolute atomic E-state index is 11.8. The second-order valence-electron chi connectivity index (χ2n) is 4.87. The molecular formula is C15H15N5OS. The summed E-state index contributed by atoms with van der Waals surface area (Å²) in [5.41, 5.74) is 0.940. The molecule has 1 aliphatic carbocycles. The first kappa shape index (κ1) is 14.6. The highest BCUT2D eigenvalue weighted by Crippen LogP contribution is 2.36. The lowest BCUT2D eigenvalue weighted by Crippen LogP contribution is -2.25. The van der Waals surface area contributed by atoms with Crippen molar-refractivity contribution in [1.82, 2.24) is 25.5 Å². The Hall–Kier alpha value is -2.33. The molecule has 0 aliphatic heterocycles. The van der Waals surface area contributed by atoms with Gasteiger partial charge in [-0.15, -0.1) is 5.10 Å². The highest BCUT2D eigenvalue weighted by atomic mass is 32.2. The van der Waals surface area contributed by atoms with E-state index in [0.717, 1.165) is 18.4 Å². The second kappa shape index (κ2) is 7.09. The number of rotatable bonds is 5. The van der Waals surface area contributed by atoms with Crippen molar-refractivity contribution in [2.24, 2.45) is 0 Å². The summed E-state index contributed by atoms with van der Waals surface area (Å²) in [6.45, 7) is 0.335. The molecule has 0 unspecified atom stereocenters. The van der Waals surface area contributed by atoms with Crippen LogP contribution in [0.15, 0.2) is 35.5 Å². The molecule has 1 aromatic carbocycles. The lowest BCUT2D eigenvalue weighted by atomic mass is 10.2. The van der Waals surface area contributed by atoms with Crippen LogP contribution >= 0.6 is 11.8 Å². The number of nitrogens with zero attached hydrogens (tertiary/aromatic N) is 4. The van der Waals surface area contributed by atoms with Crippen LogP contribution in [0.5, 0.6) is 0 Å². The summed E-state index contributed by atoms with van der Waals surface area (Å²) in [6, 6.07) is 10.1. The maximum Gasteiger partial charge on any atom is 0.231 e. The lowest BCUT2D eigenvalue weighted by Gasteiger charge is -2.02. The van der Waals surface area contributed by atoms with Crippen molar-refractivity contribution in [1.29, 1.82) is 0 Å². The van der Waals surface area contributed by atoms with E-state index in [9.17, 15) is 4.79 Å². The fourth-order valence-electron chi connectivity index (χ4n) is 1.82. The van der Waals surface area contributed by atoms with Crippen molar-refractivity contribution in [3.8, 4) is 11.8 Å². The average molecular weight is 313 g/mol. The van der Waals surface area contributed by atoms with Crippen LogP contribution in [0.4, 0.5) is 0 Å². The van der Waals surface area contributed by atoms with Crippen LogP contribution in [0.3, 0.4) is 0 Å². The van der Waals surface area contributed by atoms with E-state index in [1.807, 2.05) is 30.3 Å². The Labute approximate surface area is 132 Å². The molecule has 0 saturated heterocycles. The fourth-order valence-corrected chi connectivity index (χ4v) is 2.59. The molecule has 0 bridgehead atoms. The van der Waals surface area contributed by atoms with E-state index >= 15 is 0 Å². The molecule has 7 heteroatoms. The van der Waals surface area contributed by atoms with Crippen LogP contribution in [0.25, 0.3) is 0 Å². The highest BCUT2D eigenvalue weighted by Gasteiger charge is 2.28. The number of benzene rings is 1. The van der Waals surface area contributed by atoms with Gasteiger partial charge in [-0.05, 0) is 35.4 Å². The van der Waals surface area contributed by atoms with Gasteiger partial charge in [0.05, 0.1) is 18.3 Å². The minimum absolute atomic E-state index is 0.0716. The molecule has 6 nitrogen and oxygen atoms in total. The quantitative estimate of drug-likeness (QED) is 0.665. The number of carbonyl (C=O) groups excluding carboxylic acids is 1. The first-order valence-electron chi connectivity index (χ1n) is 7.04. The van der Waals surface area contributed by atoms with Crippen molar-refractivity contribution in [2.45, 2.75) is 24.0 Å². The number of amides is 1. The third-order valence-electron chi connectivity index (χ3n) is 3.07. The number of thioether (sulfide) groups is 1. The van der Waals surface area contributed by atoms with E-state index < -0.39 is 0 Å². The van der Waals surface area contributed by atoms with E-state index in [1.165, 1.54) is 11.8 Å². The minimum Gasteiger partial charge on any atom is -0.344 e. The first-order chi connectivity index (χ1) is 10.8. The Bertz CT molecular complexity index is 699. The van der Waals surface area contributed by atoms with Gasteiger partial charge in [-0.3, -0.25) is 4.79 Å². The van der Waals surface area contributed by atoms with Crippen LogP contribution in [0.2, 0.25) is 0 Å². The molecule has 1 N–H and O–H groups in total.